The van der Waals surface area contributed by atoms with Crippen LogP contribution >= 0.6 is 0 Å². The van der Waals surface area contributed by atoms with E-state index >= 15 is 0 Å². The van der Waals surface area contributed by atoms with E-state index in [1.54, 1.807) is 0 Å². The van der Waals surface area contributed by atoms with Gasteiger partial charge in [0, 0.05) is 41.0 Å². The number of rotatable bonds is 1. The molecule has 2 aliphatic rings. The van der Waals surface area contributed by atoms with Gasteiger partial charge < -0.3 is 4.42 Å². The summed E-state index contributed by atoms with van der Waals surface area (Å²) in [7, 11) is 0. The Bertz CT molecular complexity index is 2310. The molecule has 0 saturated heterocycles. The topological polar surface area (TPSA) is 20.9 Å². The molecule has 2 aliphatic heterocycles. The Hall–Kier alpha value is -5.02. The van der Waals surface area contributed by atoms with Gasteiger partial charge in [0.25, 0.3) is 0 Å². The highest BCUT2D eigenvalue weighted by Gasteiger charge is 2.41. The largest absolute Gasteiger partial charge is 0.455 e. The minimum atomic E-state index is -0.0372. The summed E-state index contributed by atoms with van der Waals surface area (Å²) >= 11 is 0. The third kappa shape index (κ3) is 4.55. The molecule has 2 unspecified atom stereocenters. The number of aromatic nitrogens is 2. The van der Waals surface area contributed by atoms with E-state index in [-0.39, 0.29) is 5.41 Å². The van der Waals surface area contributed by atoms with Gasteiger partial charge in [-0.1, -0.05) is 87.5 Å². The highest BCUT2D eigenvalue weighted by Crippen LogP contribution is 2.47. The van der Waals surface area contributed by atoms with Crippen LogP contribution in [0, 0.1) is 0 Å². The molecule has 3 heteroatoms. The lowest BCUT2D eigenvalue weighted by Crippen LogP contribution is -2.50. The molecular weight excluding hydrogens is 572 g/mol. The van der Waals surface area contributed by atoms with E-state index in [0.717, 1.165) is 37.0 Å². The van der Waals surface area contributed by atoms with Crippen LogP contribution in [0.25, 0.3) is 55.6 Å². The van der Waals surface area contributed by atoms with Crippen molar-refractivity contribution in [2.24, 2.45) is 0 Å². The quantitative estimate of drug-likeness (QED) is 0.169. The van der Waals surface area contributed by atoms with E-state index in [0.29, 0.717) is 12.0 Å². The van der Waals surface area contributed by atoms with E-state index < -0.39 is 0 Å². The number of hydrogen-bond acceptors (Lipinski definition) is 1. The molecule has 0 bridgehead atoms. The van der Waals surface area contributed by atoms with E-state index in [4.69, 9.17) is 4.42 Å². The minimum absolute atomic E-state index is 0.0372. The highest BCUT2D eigenvalue weighted by molar-refractivity contribution is 6.12. The van der Waals surface area contributed by atoms with Gasteiger partial charge >= 0.3 is 0 Å². The lowest BCUT2D eigenvalue weighted by molar-refractivity contribution is -0.738. The zero-order chi connectivity index (χ0) is 31.7. The Kier molecular flexibility index (Phi) is 6.47. The fourth-order valence-electron chi connectivity index (χ4n) is 8.48. The maximum absolute atomic E-state index is 6.86. The van der Waals surface area contributed by atoms with E-state index in [9.17, 15) is 0 Å². The first kappa shape index (κ1) is 28.2. The number of para-hydroxylation sites is 1. The summed E-state index contributed by atoms with van der Waals surface area (Å²) in [6.07, 6.45) is 7.67. The summed E-state index contributed by atoms with van der Waals surface area (Å²) in [6, 6.07) is 42.8. The third-order valence-corrected chi connectivity index (χ3v) is 10.7. The number of nitrogens with zero attached hydrogens (tertiary/aromatic N) is 2. The van der Waals surface area contributed by atoms with Crippen molar-refractivity contribution in [2.45, 2.75) is 64.0 Å². The van der Waals surface area contributed by atoms with Gasteiger partial charge in [-0.15, -0.1) is 0 Å². The van der Waals surface area contributed by atoms with Crippen LogP contribution in [0.4, 0.5) is 0 Å². The first-order valence-electron chi connectivity index (χ1n) is 17.1. The van der Waals surface area contributed by atoms with Crippen LogP contribution in [-0.4, -0.2) is 0 Å². The summed E-state index contributed by atoms with van der Waals surface area (Å²) in [5.41, 5.74) is 13.9. The van der Waals surface area contributed by atoms with Crippen LogP contribution in [0.15, 0.2) is 132 Å². The summed E-state index contributed by atoms with van der Waals surface area (Å²) in [5, 5.41) is 2.47. The first-order valence-corrected chi connectivity index (χ1v) is 17.1. The van der Waals surface area contributed by atoms with Crippen LogP contribution in [0.5, 0.6) is 0 Å². The molecule has 7 aromatic rings. The highest BCUT2D eigenvalue weighted by atomic mass is 16.3. The van der Waals surface area contributed by atoms with Crippen molar-refractivity contribution < 1.29 is 13.6 Å². The molecule has 0 saturated carbocycles. The molecule has 4 aromatic carbocycles. The van der Waals surface area contributed by atoms with Gasteiger partial charge in [-0.2, -0.15) is 9.13 Å². The fourth-order valence-corrected chi connectivity index (χ4v) is 8.48. The number of benzene rings is 4. The van der Waals surface area contributed by atoms with Crippen LogP contribution in [0.2, 0.25) is 0 Å². The monoisotopic (exact) mass is 612 g/mol. The molecule has 0 N–H and O–H groups in total. The second kappa shape index (κ2) is 10.8. The molecule has 0 radical (unpaired) electrons. The molecule has 3 aromatic heterocycles. The molecule has 0 fully saturated rings. The molecule has 230 valence electrons. The molecule has 0 aliphatic carbocycles. The predicted octanol–water partition coefficient (Wildman–Crippen LogP) is 10.1. The van der Waals surface area contributed by atoms with E-state index in [1.165, 1.54) is 61.1 Å². The number of hydrogen-bond donors (Lipinski definition) is 0. The Labute approximate surface area is 276 Å². The van der Waals surface area contributed by atoms with Crippen LogP contribution in [0.1, 0.15) is 62.3 Å². The third-order valence-electron chi connectivity index (χ3n) is 10.7. The Morgan fingerprint density at radius 3 is 2.32 bits per heavy atom. The van der Waals surface area contributed by atoms with E-state index in [1.807, 2.05) is 0 Å². The first-order chi connectivity index (χ1) is 23.0. The maximum atomic E-state index is 6.86. The number of pyridine rings is 2. The molecule has 0 amide bonds. The van der Waals surface area contributed by atoms with Gasteiger partial charge in [-0.05, 0) is 70.3 Å². The van der Waals surface area contributed by atoms with Crippen LogP contribution in [0.3, 0.4) is 0 Å². The summed E-state index contributed by atoms with van der Waals surface area (Å²) < 4.78 is 11.9. The molecule has 3 nitrogen and oxygen atoms in total. The normalized spacial score (nSPS) is 17.3. The predicted molar refractivity (Wildman–Crippen MR) is 190 cm³/mol. The SMILES string of the molecule is CC(C)(C)c1cc2c(c3oc4ccccc4c13)-c1cccc[n+]1CCC1C(CC2)c2ccc(-c3ccccc3)cc2-c2cccc[n+]21. The van der Waals surface area contributed by atoms with Gasteiger partial charge in [0.2, 0.25) is 11.4 Å². The average Bonchev–Trinajstić information content (AvgIpc) is 3.49. The molecule has 0 spiro atoms. The summed E-state index contributed by atoms with van der Waals surface area (Å²) in [5.74, 6) is 0.387. The van der Waals surface area contributed by atoms with Gasteiger partial charge in [0.15, 0.2) is 25.0 Å². The zero-order valence-electron chi connectivity index (χ0n) is 27.4. The molecule has 47 heavy (non-hydrogen) atoms. The second-order valence-electron chi connectivity index (χ2n) is 14.5. The van der Waals surface area contributed by atoms with Crippen molar-refractivity contribution in [3.8, 4) is 33.6 Å². The maximum Gasteiger partial charge on any atom is 0.216 e. The summed E-state index contributed by atoms with van der Waals surface area (Å²) in [6.45, 7) is 7.94. The Balaban J connectivity index is 1.27. The van der Waals surface area contributed by atoms with Gasteiger partial charge in [0.05, 0.1) is 17.5 Å². The Morgan fingerprint density at radius 2 is 1.47 bits per heavy atom. The number of aryl methyl sites for hydroxylation is 2. The molecule has 9 rings (SSSR count). The van der Waals surface area contributed by atoms with Crippen molar-refractivity contribution in [3.63, 3.8) is 0 Å². The lowest BCUT2D eigenvalue weighted by atomic mass is 9.76. The second-order valence-corrected chi connectivity index (χ2v) is 14.5. The Morgan fingerprint density at radius 1 is 0.702 bits per heavy atom. The van der Waals surface area contributed by atoms with Crippen molar-refractivity contribution in [2.75, 3.05) is 0 Å². The lowest BCUT2D eigenvalue weighted by Gasteiger charge is -2.31. The minimum Gasteiger partial charge on any atom is -0.455 e. The molecular formula is C44H40N2O+2. The van der Waals surface area contributed by atoms with Crippen LogP contribution < -0.4 is 9.13 Å². The zero-order valence-corrected chi connectivity index (χ0v) is 27.4. The van der Waals surface area contributed by atoms with Crippen molar-refractivity contribution in [3.05, 3.63) is 144 Å². The molecule has 5 heterocycles. The molecule has 2 atom stereocenters. The summed E-state index contributed by atoms with van der Waals surface area (Å²) in [4.78, 5) is 0. The standard InChI is InChI=1S/C44H40N2O/c1-44(2,3)36-28-31-20-22-33-32-21-19-30(29-13-5-4-6-14-29)27-35(32)37-16-10-12-25-46(37)38(33)23-26-45-24-11-9-17-39(45)41(31)43-42(36)34-15-7-8-18-40(34)47-43/h4-19,21,24-25,27-28,33,38H,20,22-23,26H2,1-3H3/q+2. The number of furan rings is 1. The van der Waals surface area contributed by atoms with Crippen molar-refractivity contribution in [1.82, 2.24) is 0 Å². The van der Waals surface area contributed by atoms with Gasteiger partial charge in [-0.25, -0.2) is 0 Å². The van der Waals surface area contributed by atoms with E-state index in [2.05, 4.69) is 158 Å². The van der Waals surface area contributed by atoms with Crippen molar-refractivity contribution >= 4 is 21.9 Å². The smallest absolute Gasteiger partial charge is 0.216 e. The number of fused-ring (bicyclic) bond motifs is 13. The van der Waals surface area contributed by atoms with Gasteiger partial charge in [-0.3, -0.25) is 0 Å². The van der Waals surface area contributed by atoms with Crippen LogP contribution in [-0.2, 0) is 18.4 Å². The van der Waals surface area contributed by atoms with Gasteiger partial charge in [0.1, 0.15) is 11.2 Å². The van der Waals surface area contributed by atoms with Crippen molar-refractivity contribution in [1.29, 1.82) is 0 Å². The fraction of sp³-hybridized carbons (Fsp3) is 0.227. The average molecular weight is 613 g/mol.